The van der Waals surface area contributed by atoms with Gasteiger partial charge in [0.2, 0.25) is 10.0 Å². The third kappa shape index (κ3) is 3.58. The summed E-state index contributed by atoms with van der Waals surface area (Å²) >= 11 is 4.72. The SMILES string of the molecule is Cc1sc(Br)cc1S(=O)(=O)NCC1CCCC1CO. The van der Waals surface area contributed by atoms with Gasteiger partial charge in [-0.3, -0.25) is 0 Å². The highest BCUT2D eigenvalue weighted by atomic mass is 79.9. The lowest BCUT2D eigenvalue weighted by atomic mass is 9.97. The molecule has 1 heterocycles. The molecular formula is C12H18BrNO3S2. The number of nitrogens with one attached hydrogen (secondary N) is 1. The van der Waals surface area contributed by atoms with Crippen LogP contribution in [-0.2, 0) is 10.0 Å². The molecule has 108 valence electrons. The summed E-state index contributed by atoms with van der Waals surface area (Å²) in [5.74, 6) is 0.486. The van der Waals surface area contributed by atoms with Crippen molar-refractivity contribution in [1.82, 2.24) is 4.72 Å². The lowest BCUT2D eigenvalue weighted by Crippen LogP contribution is -2.31. The largest absolute Gasteiger partial charge is 0.396 e. The molecule has 1 aromatic rings. The average Bonchev–Trinajstić information content (AvgIpc) is 2.93. The highest BCUT2D eigenvalue weighted by Gasteiger charge is 2.28. The van der Waals surface area contributed by atoms with Gasteiger partial charge in [-0.05, 0) is 53.6 Å². The van der Waals surface area contributed by atoms with Gasteiger partial charge in [-0.15, -0.1) is 11.3 Å². The monoisotopic (exact) mass is 367 g/mol. The van der Waals surface area contributed by atoms with Crippen molar-refractivity contribution in [2.45, 2.75) is 31.1 Å². The van der Waals surface area contributed by atoms with Gasteiger partial charge in [0.15, 0.2) is 0 Å². The van der Waals surface area contributed by atoms with E-state index >= 15 is 0 Å². The van der Waals surface area contributed by atoms with E-state index in [2.05, 4.69) is 20.7 Å². The third-order valence-corrected chi connectivity index (χ3v) is 6.95. The summed E-state index contributed by atoms with van der Waals surface area (Å²) in [5, 5.41) is 9.25. The lowest BCUT2D eigenvalue weighted by molar-refractivity contribution is 0.195. The van der Waals surface area contributed by atoms with E-state index in [1.54, 1.807) is 13.0 Å². The van der Waals surface area contributed by atoms with Gasteiger partial charge in [0, 0.05) is 18.0 Å². The van der Waals surface area contributed by atoms with E-state index in [4.69, 9.17) is 0 Å². The van der Waals surface area contributed by atoms with E-state index in [0.717, 1.165) is 27.9 Å². The molecule has 7 heteroatoms. The lowest BCUT2D eigenvalue weighted by Gasteiger charge is -2.17. The quantitative estimate of drug-likeness (QED) is 0.839. The maximum atomic E-state index is 12.2. The first-order valence-corrected chi connectivity index (χ1v) is 9.39. The van der Waals surface area contributed by atoms with Gasteiger partial charge < -0.3 is 5.11 Å². The molecule has 1 fully saturated rings. The number of aryl methyl sites for hydroxylation is 1. The van der Waals surface area contributed by atoms with Gasteiger partial charge in [-0.2, -0.15) is 0 Å². The Morgan fingerprint density at radius 2 is 2.16 bits per heavy atom. The molecule has 0 bridgehead atoms. The fourth-order valence-corrected chi connectivity index (χ4v) is 6.12. The molecule has 0 aliphatic heterocycles. The minimum absolute atomic E-state index is 0.148. The minimum atomic E-state index is -3.44. The van der Waals surface area contributed by atoms with Crippen LogP contribution in [0.5, 0.6) is 0 Å². The highest BCUT2D eigenvalue weighted by molar-refractivity contribution is 9.11. The van der Waals surface area contributed by atoms with Gasteiger partial charge in [0.25, 0.3) is 0 Å². The zero-order valence-electron chi connectivity index (χ0n) is 10.7. The van der Waals surface area contributed by atoms with E-state index in [9.17, 15) is 13.5 Å². The van der Waals surface area contributed by atoms with Gasteiger partial charge in [-0.25, -0.2) is 13.1 Å². The molecule has 1 saturated carbocycles. The predicted molar refractivity (Wildman–Crippen MR) is 79.9 cm³/mol. The Balaban J connectivity index is 2.04. The van der Waals surface area contributed by atoms with Crippen LogP contribution in [-0.4, -0.2) is 26.7 Å². The molecule has 0 aromatic carbocycles. The second-order valence-corrected chi connectivity index (χ2v) is 9.33. The van der Waals surface area contributed by atoms with E-state index < -0.39 is 10.0 Å². The van der Waals surface area contributed by atoms with Crippen molar-refractivity contribution in [2.24, 2.45) is 11.8 Å². The molecule has 1 aliphatic rings. The van der Waals surface area contributed by atoms with E-state index in [1.165, 1.54) is 11.3 Å². The number of thiophene rings is 1. The van der Waals surface area contributed by atoms with Crippen LogP contribution in [0.2, 0.25) is 0 Å². The molecule has 0 amide bonds. The van der Waals surface area contributed by atoms with Gasteiger partial charge in [0.05, 0.1) is 8.68 Å². The van der Waals surface area contributed by atoms with Crippen molar-refractivity contribution in [3.05, 3.63) is 14.7 Å². The van der Waals surface area contributed by atoms with E-state index in [0.29, 0.717) is 11.4 Å². The second kappa shape index (κ2) is 6.22. The first-order chi connectivity index (χ1) is 8.94. The summed E-state index contributed by atoms with van der Waals surface area (Å²) in [6, 6.07) is 1.64. The zero-order chi connectivity index (χ0) is 14.0. The molecule has 1 aliphatic carbocycles. The summed E-state index contributed by atoms with van der Waals surface area (Å²) in [5.41, 5.74) is 0. The molecule has 2 N–H and O–H groups in total. The van der Waals surface area contributed by atoms with E-state index in [1.807, 2.05) is 0 Å². The van der Waals surface area contributed by atoms with Crippen molar-refractivity contribution in [2.75, 3.05) is 13.2 Å². The number of sulfonamides is 1. The average molecular weight is 368 g/mol. The van der Waals surface area contributed by atoms with Gasteiger partial charge in [0.1, 0.15) is 0 Å². The standard InChI is InChI=1S/C12H18BrNO3S2/c1-8-11(5-12(13)18-8)19(16,17)14-6-9-3-2-4-10(9)7-15/h5,9-10,14-15H,2-4,6-7H2,1H3. The molecule has 0 radical (unpaired) electrons. The van der Waals surface area contributed by atoms with Gasteiger partial charge in [-0.1, -0.05) is 6.42 Å². The Hall–Kier alpha value is 0.0500. The van der Waals surface area contributed by atoms with Crippen molar-refractivity contribution in [1.29, 1.82) is 0 Å². The van der Waals surface area contributed by atoms with Crippen molar-refractivity contribution >= 4 is 37.3 Å². The highest BCUT2D eigenvalue weighted by Crippen LogP contribution is 2.32. The van der Waals surface area contributed by atoms with Crippen LogP contribution in [0.15, 0.2) is 14.7 Å². The Labute approximate surface area is 126 Å². The van der Waals surface area contributed by atoms with Crippen LogP contribution in [0.25, 0.3) is 0 Å². The minimum Gasteiger partial charge on any atom is -0.396 e. The molecule has 2 atom stereocenters. The maximum Gasteiger partial charge on any atom is 0.241 e. The third-order valence-electron chi connectivity index (χ3n) is 3.72. The number of halogens is 1. The molecule has 1 aromatic heterocycles. The van der Waals surface area contributed by atoms with Crippen LogP contribution in [0.3, 0.4) is 0 Å². The summed E-state index contributed by atoms with van der Waals surface area (Å²) in [6.07, 6.45) is 3.05. The molecular weight excluding hydrogens is 350 g/mol. The fourth-order valence-electron chi connectivity index (χ4n) is 2.61. The second-order valence-electron chi connectivity index (χ2n) is 4.96. The predicted octanol–water partition coefficient (Wildman–Crippen LogP) is 2.51. The Bertz CT molecular complexity index is 541. The number of aliphatic hydroxyl groups excluding tert-OH is 1. The summed E-state index contributed by atoms with van der Waals surface area (Å²) in [7, 11) is -3.44. The Morgan fingerprint density at radius 3 is 2.74 bits per heavy atom. The Morgan fingerprint density at radius 1 is 1.47 bits per heavy atom. The van der Waals surface area contributed by atoms with Crippen LogP contribution < -0.4 is 4.72 Å². The molecule has 0 saturated heterocycles. The van der Waals surface area contributed by atoms with Crippen LogP contribution >= 0.6 is 27.3 Å². The topological polar surface area (TPSA) is 66.4 Å². The maximum absolute atomic E-state index is 12.2. The van der Waals surface area contributed by atoms with Crippen molar-refractivity contribution < 1.29 is 13.5 Å². The smallest absolute Gasteiger partial charge is 0.241 e. The molecule has 0 spiro atoms. The van der Waals surface area contributed by atoms with Gasteiger partial charge >= 0.3 is 0 Å². The number of hydrogen-bond donors (Lipinski definition) is 2. The number of rotatable bonds is 5. The Kier molecular flexibility index (Phi) is 5.05. The van der Waals surface area contributed by atoms with Crippen molar-refractivity contribution in [3.63, 3.8) is 0 Å². The first kappa shape index (κ1) is 15.4. The summed E-state index contributed by atoms with van der Waals surface area (Å²) in [4.78, 5) is 1.13. The molecule has 2 rings (SSSR count). The molecule has 19 heavy (non-hydrogen) atoms. The number of aliphatic hydroxyl groups is 1. The van der Waals surface area contributed by atoms with Crippen molar-refractivity contribution in [3.8, 4) is 0 Å². The van der Waals surface area contributed by atoms with Crippen LogP contribution in [0, 0.1) is 18.8 Å². The molecule has 4 nitrogen and oxygen atoms in total. The fraction of sp³-hybridized carbons (Fsp3) is 0.667. The zero-order valence-corrected chi connectivity index (χ0v) is 13.9. The molecule has 2 unspecified atom stereocenters. The number of hydrogen-bond acceptors (Lipinski definition) is 4. The normalized spacial score (nSPS) is 23.9. The van der Waals surface area contributed by atoms with Crippen LogP contribution in [0.4, 0.5) is 0 Å². The summed E-state index contributed by atoms with van der Waals surface area (Å²) < 4.78 is 28.0. The van der Waals surface area contributed by atoms with E-state index in [-0.39, 0.29) is 18.4 Å². The first-order valence-electron chi connectivity index (χ1n) is 6.30. The summed E-state index contributed by atoms with van der Waals surface area (Å²) in [6.45, 7) is 2.37. The van der Waals surface area contributed by atoms with Crippen LogP contribution in [0.1, 0.15) is 24.1 Å².